The Labute approximate surface area is 116 Å². The lowest BCUT2D eigenvalue weighted by atomic mass is 10.0. The molecule has 1 aromatic heterocycles. The van der Waals surface area contributed by atoms with E-state index in [-0.39, 0.29) is 0 Å². The molecule has 1 N–H and O–H groups in total. The van der Waals surface area contributed by atoms with Crippen LogP contribution < -0.4 is 0 Å². The van der Waals surface area contributed by atoms with Crippen molar-refractivity contribution < 1.29 is 5.11 Å². The molecule has 0 bridgehead atoms. The molecule has 3 heteroatoms. The SMILES string of the molecule is CCc1ccc(CC(O)c2ccc(Br)cc2)nc1. The van der Waals surface area contributed by atoms with Gasteiger partial charge in [0.15, 0.2) is 0 Å². The lowest BCUT2D eigenvalue weighted by molar-refractivity contribution is 0.177. The lowest BCUT2D eigenvalue weighted by Gasteiger charge is -2.10. The Balaban J connectivity index is 2.05. The van der Waals surface area contributed by atoms with Gasteiger partial charge in [-0.25, -0.2) is 0 Å². The number of aromatic nitrogens is 1. The summed E-state index contributed by atoms with van der Waals surface area (Å²) < 4.78 is 1.02. The quantitative estimate of drug-likeness (QED) is 0.934. The molecule has 0 fully saturated rings. The van der Waals surface area contributed by atoms with Crippen LogP contribution in [-0.4, -0.2) is 10.1 Å². The number of benzene rings is 1. The third kappa shape index (κ3) is 3.40. The molecule has 0 saturated carbocycles. The molecule has 0 spiro atoms. The number of halogens is 1. The molecule has 1 aromatic carbocycles. The highest BCUT2D eigenvalue weighted by atomic mass is 79.9. The molecular formula is C15H16BrNO. The van der Waals surface area contributed by atoms with Gasteiger partial charge in [-0.05, 0) is 35.7 Å². The van der Waals surface area contributed by atoms with Gasteiger partial charge in [0.25, 0.3) is 0 Å². The minimum atomic E-state index is -0.502. The fourth-order valence-corrected chi connectivity index (χ4v) is 2.05. The van der Waals surface area contributed by atoms with Crippen molar-refractivity contribution in [3.8, 4) is 0 Å². The summed E-state index contributed by atoms with van der Waals surface area (Å²) in [6.45, 7) is 2.10. The topological polar surface area (TPSA) is 33.1 Å². The predicted octanol–water partition coefficient (Wildman–Crippen LogP) is 3.68. The first-order valence-electron chi connectivity index (χ1n) is 6.06. The summed E-state index contributed by atoms with van der Waals surface area (Å²) in [4.78, 5) is 4.36. The van der Waals surface area contributed by atoms with Crippen molar-refractivity contribution in [2.75, 3.05) is 0 Å². The Bertz CT molecular complexity index is 493. The molecule has 0 aliphatic carbocycles. The third-order valence-corrected chi connectivity index (χ3v) is 3.48. The highest BCUT2D eigenvalue weighted by molar-refractivity contribution is 9.10. The summed E-state index contributed by atoms with van der Waals surface area (Å²) in [5, 5.41) is 10.1. The molecule has 2 aromatic rings. The maximum atomic E-state index is 10.1. The van der Waals surface area contributed by atoms with Gasteiger partial charge in [0.1, 0.15) is 0 Å². The molecule has 0 saturated heterocycles. The van der Waals surface area contributed by atoms with Crippen LogP contribution in [0.4, 0.5) is 0 Å². The Kier molecular flexibility index (Phi) is 4.50. The summed E-state index contributed by atoms with van der Waals surface area (Å²) in [6.07, 6.45) is 2.91. The largest absolute Gasteiger partial charge is 0.388 e. The van der Waals surface area contributed by atoms with E-state index in [1.165, 1.54) is 5.56 Å². The van der Waals surface area contributed by atoms with Crippen LogP contribution in [0.1, 0.15) is 29.8 Å². The van der Waals surface area contributed by atoms with Crippen LogP contribution in [0.15, 0.2) is 47.1 Å². The highest BCUT2D eigenvalue weighted by Crippen LogP contribution is 2.19. The molecule has 94 valence electrons. The third-order valence-electron chi connectivity index (χ3n) is 2.95. The Hall–Kier alpha value is -1.19. The van der Waals surface area contributed by atoms with Gasteiger partial charge in [0, 0.05) is 22.8 Å². The zero-order chi connectivity index (χ0) is 13.0. The number of hydrogen-bond acceptors (Lipinski definition) is 2. The summed E-state index contributed by atoms with van der Waals surface area (Å²) in [7, 11) is 0. The van der Waals surface area contributed by atoms with Gasteiger partial charge in [0.05, 0.1) is 6.10 Å². The van der Waals surface area contributed by atoms with Crippen LogP contribution in [0.5, 0.6) is 0 Å². The smallest absolute Gasteiger partial charge is 0.0845 e. The molecule has 2 rings (SSSR count). The van der Waals surface area contributed by atoms with E-state index in [1.54, 1.807) is 0 Å². The van der Waals surface area contributed by atoms with Crippen LogP contribution in [0, 0.1) is 0 Å². The Morgan fingerprint density at radius 3 is 2.44 bits per heavy atom. The maximum Gasteiger partial charge on any atom is 0.0845 e. The number of nitrogens with zero attached hydrogens (tertiary/aromatic N) is 1. The first-order valence-corrected chi connectivity index (χ1v) is 6.85. The van der Waals surface area contributed by atoms with Crippen LogP contribution >= 0.6 is 15.9 Å². The first-order chi connectivity index (χ1) is 8.69. The average Bonchev–Trinajstić information content (AvgIpc) is 2.40. The van der Waals surface area contributed by atoms with Crippen LogP contribution in [0.3, 0.4) is 0 Å². The maximum absolute atomic E-state index is 10.1. The Morgan fingerprint density at radius 2 is 1.89 bits per heavy atom. The molecule has 18 heavy (non-hydrogen) atoms. The fourth-order valence-electron chi connectivity index (χ4n) is 1.79. The van der Waals surface area contributed by atoms with Crippen molar-refractivity contribution in [1.29, 1.82) is 0 Å². The van der Waals surface area contributed by atoms with Crippen molar-refractivity contribution in [2.24, 2.45) is 0 Å². The van der Waals surface area contributed by atoms with E-state index >= 15 is 0 Å². The molecule has 1 atom stereocenters. The van der Waals surface area contributed by atoms with Gasteiger partial charge in [0.2, 0.25) is 0 Å². The first kappa shape index (κ1) is 13.2. The van der Waals surface area contributed by atoms with Gasteiger partial charge in [-0.3, -0.25) is 4.98 Å². The molecular weight excluding hydrogens is 290 g/mol. The number of aryl methyl sites for hydroxylation is 1. The number of hydrogen-bond donors (Lipinski definition) is 1. The summed E-state index contributed by atoms with van der Waals surface area (Å²) in [5.74, 6) is 0. The van der Waals surface area contributed by atoms with Crippen LogP contribution in [0.25, 0.3) is 0 Å². The second-order valence-electron chi connectivity index (χ2n) is 4.28. The molecule has 1 unspecified atom stereocenters. The average molecular weight is 306 g/mol. The van der Waals surface area contributed by atoms with Gasteiger partial charge in [-0.15, -0.1) is 0 Å². The molecule has 0 radical (unpaired) electrons. The van der Waals surface area contributed by atoms with Gasteiger partial charge in [-0.1, -0.05) is 41.1 Å². The van der Waals surface area contributed by atoms with Crippen LogP contribution in [-0.2, 0) is 12.8 Å². The van der Waals surface area contributed by atoms with Crippen molar-refractivity contribution >= 4 is 15.9 Å². The van der Waals surface area contributed by atoms with Crippen molar-refractivity contribution in [2.45, 2.75) is 25.9 Å². The van der Waals surface area contributed by atoms with E-state index in [4.69, 9.17) is 0 Å². The van der Waals surface area contributed by atoms with E-state index in [0.29, 0.717) is 6.42 Å². The molecule has 0 aliphatic rings. The number of rotatable bonds is 4. The van der Waals surface area contributed by atoms with Gasteiger partial charge < -0.3 is 5.11 Å². The van der Waals surface area contributed by atoms with Gasteiger partial charge in [-0.2, -0.15) is 0 Å². The fraction of sp³-hybridized carbons (Fsp3) is 0.267. The zero-order valence-corrected chi connectivity index (χ0v) is 11.9. The highest BCUT2D eigenvalue weighted by Gasteiger charge is 2.09. The Morgan fingerprint density at radius 1 is 1.17 bits per heavy atom. The summed E-state index contributed by atoms with van der Waals surface area (Å²) in [5.41, 5.74) is 3.05. The second kappa shape index (κ2) is 6.12. The predicted molar refractivity (Wildman–Crippen MR) is 76.4 cm³/mol. The van der Waals surface area contributed by atoms with Crippen molar-refractivity contribution in [3.63, 3.8) is 0 Å². The normalized spacial score (nSPS) is 12.4. The van der Waals surface area contributed by atoms with E-state index in [2.05, 4.69) is 33.9 Å². The molecule has 1 heterocycles. The minimum Gasteiger partial charge on any atom is -0.388 e. The number of pyridine rings is 1. The number of aliphatic hydroxyl groups excluding tert-OH is 1. The van der Waals surface area contributed by atoms with E-state index in [9.17, 15) is 5.11 Å². The zero-order valence-electron chi connectivity index (χ0n) is 10.3. The van der Waals surface area contributed by atoms with Crippen molar-refractivity contribution in [3.05, 3.63) is 63.9 Å². The van der Waals surface area contributed by atoms with Crippen molar-refractivity contribution in [1.82, 2.24) is 4.98 Å². The summed E-state index contributed by atoms with van der Waals surface area (Å²) >= 11 is 3.38. The monoisotopic (exact) mass is 305 g/mol. The molecule has 0 aliphatic heterocycles. The minimum absolute atomic E-state index is 0.502. The van der Waals surface area contributed by atoms with E-state index in [0.717, 1.165) is 22.2 Å². The summed E-state index contributed by atoms with van der Waals surface area (Å²) in [6, 6.07) is 11.8. The lowest BCUT2D eigenvalue weighted by Crippen LogP contribution is -2.03. The van der Waals surface area contributed by atoms with Gasteiger partial charge >= 0.3 is 0 Å². The molecule has 2 nitrogen and oxygen atoms in total. The van der Waals surface area contributed by atoms with E-state index < -0.39 is 6.10 Å². The van der Waals surface area contributed by atoms with Crippen LogP contribution in [0.2, 0.25) is 0 Å². The standard InChI is InChI=1S/C15H16BrNO/c1-2-11-3-8-14(17-10-11)9-15(18)12-4-6-13(16)7-5-12/h3-8,10,15,18H,2,9H2,1H3. The van der Waals surface area contributed by atoms with E-state index in [1.807, 2.05) is 36.5 Å². The number of aliphatic hydroxyl groups is 1. The second-order valence-corrected chi connectivity index (χ2v) is 5.20. The molecule has 0 amide bonds.